The Labute approximate surface area is 137 Å². The molecule has 0 radical (unpaired) electrons. The number of ether oxygens (including phenoxy) is 1. The average molecular weight is 332 g/mol. The molecule has 0 aliphatic heterocycles. The molecule has 6 nitrogen and oxygen atoms in total. The van der Waals surface area contributed by atoms with Crippen molar-refractivity contribution < 1.29 is 14.1 Å². The number of rotatable bonds is 3. The van der Waals surface area contributed by atoms with Crippen molar-refractivity contribution in [2.45, 2.75) is 13.8 Å². The number of amides is 1. The number of aromatic nitrogens is 2. The molecule has 1 aromatic carbocycles. The predicted octanol–water partition coefficient (Wildman–Crippen LogP) is 3.75. The highest BCUT2D eigenvalue weighted by atomic mass is 35.5. The van der Waals surface area contributed by atoms with Gasteiger partial charge in [-0.3, -0.25) is 4.79 Å². The summed E-state index contributed by atoms with van der Waals surface area (Å²) < 4.78 is 10.4. The molecule has 0 fully saturated rings. The van der Waals surface area contributed by atoms with Crippen LogP contribution in [-0.2, 0) is 0 Å². The molecular weight excluding hydrogens is 318 g/mol. The lowest BCUT2D eigenvalue weighted by atomic mass is 10.1. The zero-order valence-electron chi connectivity index (χ0n) is 12.8. The van der Waals surface area contributed by atoms with Crippen molar-refractivity contribution in [3.63, 3.8) is 0 Å². The van der Waals surface area contributed by atoms with Crippen molar-refractivity contribution in [2.24, 2.45) is 0 Å². The van der Waals surface area contributed by atoms with Gasteiger partial charge in [-0.25, -0.2) is 4.98 Å². The maximum absolute atomic E-state index is 12.7. The fraction of sp³-hybridized carbons (Fsp3) is 0.188. The zero-order chi connectivity index (χ0) is 16.6. The molecule has 0 saturated carbocycles. The number of anilines is 1. The number of benzene rings is 1. The quantitative estimate of drug-likeness (QED) is 0.790. The molecule has 0 saturated heterocycles. The third kappa shape index (κ3) is 2.73. The van der Waals surface area contributed by atoms with Gasteiger partial charge in [-0.15, -0.1) is 0 Å². The molecule has 0 bridgehead atoms. The van der Waals surface area contributed by atoms with Gasteiger partial charge in [-0.1, -0.05) is 22.8 Å². The summed E-state index contributed by atoms with van der Waals surface area (Å²) >= 11 is 6.08. The van der Waals surface area contributed by atoms with E-state index in [9.17, 15) is 4.79 Å². The number of nitrogens with zero attached hydrogens (tertiary/aromatic N) is 2. The number of aryl methyl sites for hydroxylation is 2. The molecule has 23 heavy (non-hydrogen) atoms. The summed E-state index contributed by atoms with van der Waals surface area (Å²) in [5.41, 5.74) is 2.54. The summed E-state index contributed by atoms with van der Waals surface area (Å²) in [6.45, 7) is 3.55. The number of fused-ring (bicyclic) bond motifs is 1. The summed E-state index contributed by atoms with van der Waals surface area (Å²) in [7, 11) is 1.50. The Balaban J connectivity index is 2.05. The van der Waals surface area contributed by atoms with Gasteiger partial charge in [0.25, 0.3) is 11.6 Å². The Bertz CT molecular complexity index is 905. The van der Waals surface area contributed by atoms with Gasteiger partial charge in [0.2, 0.25) is 0 Å². The van der Waals surface area contributed by atoms with E-state index in [1.807, 2.05) is 0 Å². The first-order chi connectivity index (χ1) is 11.0. The van der Waals surface area contributed by atoms with E-state index < -0.39 is 0 Å². The topological polar surface area (TPSA) is 77.2 Å². The maximum atomic E-state index is 12.7. The number of nitrogens with one attached hydrogen (secondary N) is 1. The van der Waals surface area contributed by atoms with E-state index >= 15 is 0 Å². The lowest BCUT2D eigenvalue weighted by Crippen LogP contribution is -2.14. The second-order valence-electron chi connectivity index (χ2n) is 5.03. The third-order valence-corrected chi connectivity index (χ3v) is 3.71. The summed E-state index contributed by atoms with van der Waals surface area (Å²) in [6, 6.07) is 6.83. The lowest BCUT2D eigenvalue weighted by molar-refractivity contribution is 0.102. The van der Waals surface area contributed by atoms with Crippen LogP contribution in [0.1, 0.15) is 21.7 Å². The van der Waals surface area contributed by atoms with Crippen LogP contribution in [0.2, 0.25) is 5.02 Å². The molecule has 7 heteroatoms. The van der Waals surface area contributed by atoms with E-state index in [0.29, 0.717) is 44.5 Å². The molecule has 0 unspecified atom stereocenters. The first-order valence-corrected chi connectivity index (χ1v) is 7.26. The molecule has 1 amide bonds. The molecule has 2 heterocycles. The molecule has 3 rings (SSSR count). The molecule has 0 aliphatic rings. The first-order valence-electron chi connectivity index (χ1n) is 6.88. The molecule has 2 aromatic heterocycles. The largest absolute Gasteiger partial charge is 0.493 e. The van der Waals surface area contributed by atoms with Crippen molar-refractivity contribution in [1.82, 2.24) is 10.1 Å². The van der Waals surface area contributed by atoms with Gasteiger partial charge in [0.05, 0.1) is 34.5 Å². The Morgan fingerprint density at radius 1 is 1.35 bits per heavy atom. The van der Waals surface area contributed by atoms with E-state index in [1.165, 1.54) is 7.11 Å². The van der Waals surface area contributed by atoms with Gasteiger partial charge in [-0.05, 0) is 32.0 Å². The number of halogens is 1. The van der Waals surface area contributed by atoms with Gasteiger partial charge < -0.3 is 14.6 Å². The maximum Gasteiger partial charge on any atom is 0.258 e. The first kappa shape index (κ1) is 15.3. The SMILES string of the molecule is COc1c(Cl)cccc1NC(=O)c1cc(C)nc2onc(C)c12. The Hall–Kier alpha value is -2.60. The summed E-state index contributed by atoms with van der Waals surface area (Å²) in [6.07, 6.45) is 0. The van der Waals surface area contributed by atoms with Crippen molar-refractivity contribution in [3.8, 4) is 5.75 Å². The molecule has 0 spiro atoms. The summed E-state index contributed by atoms with van der Waals surface area (Å²) in [5.74, 6) is 0.0962. The van der Waals surface area contributed by atoms with Gasteiger partial charge in [0.1, 0.15) is 0 Å². The van der Waals surface area contributed by atoms with Crippen LogP contribution in [0, 0.1) is 13.8 Å². The van der Waals surface area contributed by atoms with E-state index in [2.05, 4.69) is 15.5 Å². The number of hydrogen-bond acceptors (Lipinski definition) is 5. The molecule has 1 N–H and O–H groups in total. The van der Waals surface area contributed by atoms with E-state index in [4.69, 9.17) is 20.9 Å². The molecule has 3 aromatic rings. The van der Waals surface area contributed by atoms with Crippen molar-refractivity contribution in [2.75, 3.05) is 12.4 Å². The highest BCUT2D eigenvalue weighted by Gasteiger charge is 2.19. The molecule has 0 atom stereocenters. The highest BCUT2D eigenvalue weighted by Crippen LogP contribution is 2.33. The number of methoxy groups -OCH3 is 1. The minimum atomic E-state index is -0.313. The average Bonchev–Trinajstić information content (AvgIpc) is 2.88. The van der Waals surface area contributed by atoms with Crippen LogP contribution >= 0.6 is 11.6 Å². The van der Waals surface area contributed by atoms with Gasteiger partial charge in [-0.2, -0.15) is 0 Å². The van der Waals surface area contributed by atoms with Crippen LogP contribution in [0.25, 0.3) is 11.1 Å². The number of carbonyl (C=O) groups is 1. The van der Waals surface area contributed by atoms with E-state index in [-0.39, 0.29) is 5.91 Å². The molecular formula is C16H14ClN3O3. The molecule has 118 valence electrons. The van der Waals surface area contributed by atoms with Crippen LogP contribution in [0.5, 0.6) is 5.75 Å². The number of pyridine rings is 1. The van der Waals surface area contributed by atoms with E-state index in [1.54, 1.807) is 38.1 Å². The lowest BCUT2D eigenvalue weighted by Gasteiger charge is -2.12. The fourth-order valence-corrected chi connectivity index (χ4v) is 2.65. The second-order valence-corrected chi connectivity index (χ2v) is 5.44. The Morgan fingerprint density at radius 2 is 2.13 bits per heavy atom. The van der Waals surface area contributed by atoms with E-state index in [0.717, 1.165) is 0 Å². The van der Waals surface area contributed by atoms with Crippen molar-refractivity contribution in [3.05, 3.63) is 46.2 Å². The van der Waals surface area contributed by atoms with Crippen LogP contribution in [-0.4, -0.2) is 23.2 Å². The number of para-hydroxylation sites is 1. The molecule has 0 aliphatic carbocycles. The minimum Gasteiger partial charge on any atom is -0.493 e. The predicted molar refractivity (Wildman–Crippen MR) is 87.2 cm³/mol. The standard InChI is InChI=1S/C16H14ClN3O3/c1-8-7-10(13-9(2)20-23-16(13)18-8)15(21)19-12-6-4-5-11(17)14(12)22-3/h4-7H,1-3H3,(H,19,21). The van der Waals surface area contributed by atoms with Gasteiger partial charge in [0, 0.05) is 5.69 Å². The van der Waals surface area contributed by atoms with Gasteiger partial charge >= 0.3 is 0 Å². The van der Waals surface area contributed by atoms with Crippen LogP contribution < -0.4 is 10.1 Å². The van der Waals surface area contributed by atoms with Gasteiger partial charge in [0.15, 0.2) is 5.75 Å². The third-order valence-electron chi connectivity index (χ3n) is 3.41. The second kappa shape index (κ2) is 5.89. The monoisotopic (exact) mass is 331 g/mol. The van der Waals surface area contributed by atoms with Crippen LogP contribution in [0.3, 0.4) is 0 Å². The Morgan fingerprint density at radius 3 is 2.87 bits per heavy atom. The smallest absolute Gasteiger partial charge is 0.258 e. The summed E-state index contributed by atoms with van der Waals surface area (Å²) in [4.78, 5) is 16.9. The summed E-state index contributed by atoms with van der Waals surface area (Å²) in [5, 5.41) is 7.69. The number of carbonyl (C=O) groups excluding carboxylic acids is 1. The van der Waals surface area contributed by atoms with Crippen molar-refractivity contribution in [1.29, 1.82) is 0 Å². The van der Waals surface area contributed by atoms with Crippen molar-refractivity contribution >= 4 is 34.3 Å². The normalized spacial score (nSPS) is 10.8. The fourth-order valence-electron chi connectivity index (χ4n) is 2.40. The van der Waals surface area contributed by atoms with Crippen LogP contribution in [0.4, 0.5) is 5.69 Å². The highest BCUT2D eigenvalue weighted by molar-refractivity contribution is 6.32. The Kier molecular flexibility index (Phi) is 3.92. The zero-order valence-corrected chi connectivity index (χ0v) is 13.6. The number of hydrogen-bond donors (Lipinski definition) is 1. The minimum absolute atomic E-state index is 0.313. The van der Waals surface area contributed by atoms with Crippen LogP contribution in [0.15, 0.2) is 28.8 Å².